The quantitative estimate of drug-likeness (QED) is 0.539. The van der Waals surface area contributed by atoms with Crippen molar-refractivity contribution in [2.45, 2.75) is 51.7 Å². The molecule has 0 fully saturated rings. The van der Waals surface area contributed by atoms with E-state index in [9.17, 15) is 19.5 Å². The maximum atomic E-state index is 12.5. The van der Waals surface area contributed by atoms with Crippen LogP contribution in [0.25, 0.3) is 0 Å². The highest BCUT2D eigenvalue weighted by Gasteiger charge is 2.28. The van der Waals surface area contributed by atoms with Crippen LogP contribution in [0.2, 0.25) is 5.02 Å². The molecule has 0 saturated carbocycles. The number of benzene rings is 1. The van der Waals surface area contributed by atoms with Gasteiger partial charge in [0.25, 0.3) is 0 Å². The molecule has 0 aliphatic heterocycles. The summed E-state index contributed by atoms with van der Waals surface area (Å²) >= 11 is 6.07. The Morgan fingerprint density at radius 3 is 2.46 bits per heavy atom. The van der Waals surface area contributed by atoms with Crippen molar-refractivity contribution in [1.29, 1.82) is 0 Å². The molecule has 1 aromatic rings. The van der Waals surface area contributed by atoms with Gasteiger partial charge in [-0.1, -0.05) is 36.7 Å². The first-order valence-electron chi connectivity index (χ1n) is 8.76. The summed E-state index contributed by atoms with van der Waals surface area (Å²) in [5, 5.41) is 12.8. The maximum Gasteiger partial charge on any atom is 0.224 e. The smallest absolute Gasteiger partial charge is 0.224 e. The van der Waals surface area contributed by atoms with Crippen molar-refractivity contribution in [3.05, 3.63) is 34.9 Å². The molecular formula is C19H27ClN2O4. The Hall–Kier alpha value is -1.76. The Balaban J connectivity index is 2.77. The number of hydrogen-bond donors (Lipinski definition) is 3. The summed E-state index contributed by atoms with van der Waals surface area (Å²) in [7, 11) is 0. The summed E-state index contributed by atoms with van der Waals surface area (Å²) in [5.74, 6) is -1.50. The van der Waals surface area contributed by atoms with E-state index in [4.69, 9.17) is 17.3 Å². The zero-order chi connectivity index (χ0) is 19.7. The summed E-state index contributed by atoms with van der Waals surface area (Å²) in [6, 6.07) is 6.07. The van der Waals surface area contributed by atoms with Gasteiger partial charge in [-0.15, -0.1) is 0 Å². The van der Waals surface area contributed by atoms with Crippen molar-refractivity contribution < 1.29 is 19.5 Å². The van der Waals surface area contributed by atoms with Crippen LogP contribution in [0.5, 0.6) is 0 Å². The zero-order valence-corrected chi connectivity index (χ0v) is 16.0. The molecule has 1 aromatic carbocycles. The van der Waals surface area contributed by atoms with Crippen molar-refractivity contribution in [1.82, 2.24) is 5.32 Å². The van der Waals surface area contributed by atoms with E-state index in [0.717, 1.165) is 0 Å². The fraction of sp³-hybridized carbons (Fsp3) is 0.526. The molecule has 0 aliphatic carbocycles. The minimum Gasteiger partial charge on any atom is -0.391 e. The van der Waals surface area contributed by atoms with Gasteiger partial charge in [0.05, 0.1) is 6.10 Å². The van der Waals surface area contributed by atoms with Gasteiger partial charge in [0, 0.05) is 30.2 Å². The number of nitrogens with two attached hydrogens (primary N) is 1. The summed E-state index contributed by atoms with van der Waals surface area (Å²) in [6.45, 7) is 3.34. The SMILES string of the molecule is CCC(=O)C(NC(=O)C(CCN)CC(=O)Cc1ccccc1Cl)C(C)O. The summed E-state index contributed by atoms with van der Waals surface area (Å²) in [6.07, 6.45) is -0.373. The van der Waals surface area contributed by atoms with Crippen LogP contribution in [-0.2, 0) is 20.8 Å². The lowest BCUT2D eigenvalue weighted by atomic mass is 9.93. The second kappa shape index (κ2) is 11.1. The number of carbonyl (C=O) groups excluding carboxylic acids is 3. The second-order valence-electron chi connectivity index (χ2n) is 6.33. The van der Waals surface area contributed by atoms with Crippen LogP contribution >= 0.6 is 11.6 Å². The molecule has 3 atom stereocenters. The van der Waals surface area contributed by atoms with Gasteiger partial charge < -0.3 is 16.2 Å². The number of Topliss-reactive ketones (excluding diaryl/α,β-unsaturated/α-hetero) is 2. The molecule has 6 nitrogen and oxygen atoms in total. The predicted octanol–water partition coefficient (Wildman–Crippen LogP) is 1.65. The molecule has 7 heteroatoms. The monoisotopic (exact) mass is 382 g/mol. The topological polar surface area (TPSA) is 109 Å². The van der Waals surface area contributed by atoms with E-state index in [1.807, 2.05) is 0 Å². The van der Waals surface area contributed by atoms with Crippen LogP contribution in [0.3, 0.4) is 0 Å². The van der Waals surface area contributed by atoms with Crippen molar-refractivity contribution in [2.75, 3.05) is 6.54 Å². The number of hydrogen-bond acceptors (Lipinski definition) is 5. The van der Waals surface area contributed by atoms with Crippen LogP contribution in [0, 0.1) is 5.92 Å². The number of nitrogens with one attached hydrogen (secondary N) is 1. The lowest BCUT2D eigenvalue weighted by molar-refractivity contribution is -0.134. The van der Waals surface area contributed by atoms with E-state index in [1.165, 1.54) is 6.92 Å². The predicted molar refractivity (Wildman–Crippen MR) is 101 cm³/mol. The van der Waals surface area contributed by atoms with Crippen LogP contribution in [-0.4, -0.2) is 41.3 Å². The Kier molecular flexibility index (Phi) is 9.48. The van der Waals surface area contributed by atoms with Gasteiger partial charge >= 0.3 is 0 Å². The number of ketones is 2. The lowest BCUT2D eigenvalue weighted by Gasteiger charge is -2.23. The highest BCUT2D eigenvalue weighted by molar-refractivity contribution is 6.31. The van der Waals surface area contributed by atoms with Gasteiger partial charge in [-0.3, -0.25) is 14.4 Å². The summed E-state index contributed by atoms with van der Waals surface area (Å²) in [5.41, 5.74) is 6.27. The molecule has 144 valence electrons. The van der Waals surface area contributed by atoms with Crippen LogP contribution in [0.4, 0.5) is 0 Å². The van der Waals surface area contributed by atoms with E-state index in [1.54, 1.807) is 31.2 Å². The van der Waals surface area contributed by atoms with E-state index in [2.05, 4.69) is 5.32 Å². The molecule has 0 radical (unpaired) electrons. The Morgan fingerprint density at radius 2 is 1.92 bits per heavy atom. The number of rotatable bonds is 11. The molecule has 0 spiro atoms. The number of aliphatic hydroxyl groups excluding tert-OH is 1. The van der Waals surface area contributed by atoms with Crippen molar-refractivity contribution in [3.8, 4) is 0 Å². The van der Waals surface area contributed by atoms with Gasteiger partial charge in [-0.05, 0) is 31.5 Å². The van der Waals surface area contributed by atoms with Crippen molar-refractivity contribution in [3.63, 3.8) is 0 Å². The zero-order valence-electron chi connectivity index (χ0n) is 15.2. The standard InChI is InChI=1S/C19H27ClN2O4/c1-3-17(25)18(12(2)23)22-19(26)14(8-9-21)11-15(24)10-13-6-4-5-7-16(13)20/h4-7,12,14,18,23H,3,8-11,21H2,1-2H3,(H,22,26). The van der Waals surface area contributed by atoms with Gasteiger partial charge in [0.1, 0.15) is 11.8 Å². The van der Waals surface area contributed by atoms with Crippen LogP contribution in [0.15, 0.2) is 24.3 Å². The van der Waals surface area contributed by atoms with E-state index in [-0.39, 0.29) is 37.4 Å². The average Bonchev–Trinajstić information content (AvgIpc) is 2.60. The summed E-state index contributed by atoms with van der Waals surface area (Å²) in [4.78, 5) is 36.8. The number of amides is 1. The van der Waals surface area contributed by atoms with Crippen molar-refractivity contribution in [2.24, 2.45) is 11.7 Å². The molecule has 26 heavy (non-hydrogen) atoms. The third-order valence-corrected chi connectivity index (χ3v) is 4.55. The van der Waals surface area contributed by atoms with Crippen LogP contribution < -0.4 is 11.1 Å². The molecule has 1 rings (SSSR count). The molecule has 3 unspecified atom stereocenters. The Labute approximate surface area is 159 Å². The Bertz CT molecular complexity index is 634. The molecule has 0 heterocycles. The van der Waals surface area contributed by atoms with E-state index in [0.29, 0.717) is 17.0 Å². The molecule has 1 amide bonds. The minimum absolute atomic E-state index is 0.00109. The third-order valence-electron chi connectivity index (χ3n) is 4.18. The fourth-order valence-electron chi connectivity index (χ4n) is 2.69. The van der Waals surface area contributed by atoms with Crippen LogP contribution in [0.1, 0.15) is 38.7 Å². The molecule has 0 saturated heterocycles. The highest BCUT2D eigenvalue weighted by Crippen LogP contribution is 2.18. The van der Waals surface area contributed by atoms with Gasteiger partial charge in [0.2, 0.25) is 5.91 Å². The first-order valence-corrected chi connectivity index (χ1v) is 9.14. The van der Waals surface area contributed by atoms with Gasteiger partial charge in [0.15, 0.2) is 5.78 Å². The molecule has 4 N–H and O–H groups in total. The molecule has 0 aliphatic rings. The lowest BCUT2D eigenvalue weighted by Crippen LogP contribution is -2.49. The average molecular weight is 383 g/mol. The third kappa shape index (κ3) is 6.86. The van der Waals surface area contributed by atoms with E-state index < -0.39 is 24.0 Å². The number of carbonyl (C=O) groups is 3. The largest absolute Gasteiger partial charge is 0.391 e. The van der Waals surface area contributed by atoms with Gasteiger partial charge in [-0.2, -0.15) is 0 Å². The highest BCUT2D eigenvalue weighted by atomic mass is 35.5. The normalized spacial score (nSPS) is 14.3. The maximum absolute atomic E-state index is 12.5. The van der Waals surface area contributed by atoms with Crippen molar-refractivity contribution >= 4 is 29.1 Å². The first kappa shape index (κ1) is 22.3. The first-order chi connectivity index (χ1) is 12.3. The Morgan fingerprint density at radius 1 is 1.27 bits per heavy atom. The fourth-order valence-corrected chi connectivity index (χ4v) is 2.89. The molecular weight excluding hydrogens is 356 g/mol. The minimum atomic E-state index is -1.01. The molecule has 0 bridgehead atoms. The summed E-state index contributed by atoms with van der Waals surface area (Å²) < 4.78 is 0. The second-order valence-corrected chi connectivity index (χ2v) is 6.74. The number of halogens is 1. The number of aliphatic hydroxyl groups is 1. The van der Waals surface area contributed by atoms with E-state index >= 15 is 0 Å². The van der Waals surface area contributed by atoms with Gasteiger partial charge in [-0.25, -0.2) is 0 Å². The molecule has 0 aromatic heterocycles.